The van der Waals surface area contributed by atoms with Crippen molar-refractivity contribution in [1.82, 2.24) is 0 Å². The van der Waals surface area contributed by atoms with Gasteiger partial charge in [0.05, 0.1) is 13.7 Å². The third kappa shape index (κ3) is 4.67. The average molecular weight is 402 g/mol. The number of carbonyl (C=O) groups excluding carboxylic acids is 1. The molecule has 0 heterocycles. The van der Waals surface area contributed by atoms with Crippen LogP contribution in [0.4, 0.5) is 0 Å². The Hall–Kier alpha value is -3.21. The van der Waals surface area contributed by atoms with Gasteiger partial charge in [0.2, 0.25) is 0 Å². The van der Waals surface area contributed by atoms with Gasteiger partial charge in [-0.2, -0.15) is 0 Å². The molecule has 0 fully saturated rings. The molecular formula is C26H26O4. The fourth-order valence-electron chi connectivity index (χ4n) is 3.42. The molecule has 0 radical (unpaired) electrons. The minimum Gasteiger partial charge on any atom is -0.467 e. The lowest BCUT2D eigenvalue weighted by molar-refractivity contribution is -0.169. The van der Waals surface area contributed by atoms with Crippen molar-refractivity contribution in [1.29, 1.82) is 0 Å². The van der Waals surface area contributed by atoms with E-state index in [9.17, 15) is 9.90 Å². The first-order valence-corrected chi connectivity index (χ1v) is 9.82. The Morgan fingerprint density at radius 2 is 1.47 bits per heavy atom. The van der Waals surface area contributed by atoms with Crippen LogP contribution in [0.1, 0.15) is 22.3 Å². The number of hydrogen-bond acceptors (Lipinski definition) is 4. The minimum absolute atomic E-state index is 0.186. The fourth-order valence-corrected chi connectivity index (χ4v) is 3.42. The molecule has 0 aromatic heterocycles. The number of aliphatic hydroxyl groups is 1. The Morgan fingerprint density at radius 1 is 0.933 bits per heavy atom. The Balaban J connectivity index is 1.99. The van der Waals surface area contributed by atoms with Crippen LogP contribution in [0.25, 0.3) is 6.08 Å². The number of aliphatic hydroxyl groups excluding tert-OH is 1. The van der Waals surface area contributed by atoms with Crippen LogP contribution in [0.5, 0.6) is 0 Å². The Bertz CT molecular complexity index is 923. The molecule has 0 saturated heterocycles. The third-order valence-electron chi connectivity index (χ3n) is 5.01. The summed E-state index contributed by atoms with van der Waals surface area (Å²) in [6, 6.07) is 26.6. The van der Waals surface area contributed by atoms with Gasteiger partial charge in [-0.15, -0.1) is 0 Å². The summed E-state index contributed by atoms with van der Waals surface area (Å²) >= 11 is 0. The number of carbonyl (C=O) groups is 1. The van der Waals surface area contributed by atoms with E-state index in [4.69, 9.17) is 9.47 Å². The second-order valence-corrected chi connectivity index (χ2v) is 7.02. The van der Waals surface area contributed by atoms with Gasteiger partial charge in [0.25, 0.3) is 0 Å². The lowest BCUT2D eigenvalue weighted by Gasteiger charge is -2.37. The number of methoxy groups -OCH3 is 1. The Labute approximate surface area is 177 Å². The van der Waals surface area contributed by atoms with E-state index in [1.807, 2.05) is 104 Å². The molecule has 0 amide bonds. The molecule has 0 aliphatic carbocycles. The summed E-state index contributed by atoms with van der Waals surface area (Å²) in [6.45, 7) is 2.23. The first kappa shape index (κ1) is 21.5. The number of esters is 1. The van der Waals surface area contributed by atoms with Crippen LogP contribution in [0.2, 0.25) is 0 Å². The molecule has 30 heavy (non-hydrogen) atoms. The molecule has 3 aromatic rings. The topological polar surface area (TPSA) is 55.8 Å². The maximum absolute atomic E-state index is 12.4. The molecule has 0 bridgehead atoms. The Kier molecular flexibility index (Phi) is 7.17. The fraction of sp³-hybridized carbons (Fsp3) is 0.192. The summed E-state index contributed by atoms with van der Waals surface area (Å²) in [4.78, 5) is 12.4. The van der Waals surface area contributed by atoms with Crippen LogP contribution in [-0.4, -0.2) is 30.9 Å². The number of benzene rings is 3. The van der Waals surface area contributed by atoms with Crippen LogP contribution in [0.3, 0.4) is 0 Å². The van der Waals surface area contributed by atoms with Crippen molar-refractivity contribution in [3.8, 4) is 0 Å². The van der Waals surface area contributed by atoms with Gasteiger partial charge in [-0.25, -0.2) is 4.79 Å². The molecule has 3 aromatic carbocycles. The predicted octanol–water partition coefficient (Wildman–Crippen LogP) is 4.50. The van der Waals surface area contributed by atoms with Gasteiger partial charge in [-0.3, -0.25) is 0 Å². The minimum atomic E-state index is -1.54. The highest BCUT2D eigenvalue weighted by molar-refractivity contribution is 5.77. The van der Waals surface area contributed by atoms with Crippen molar-refractivity contribution in [3.05, 3.63) is 113 Å². The van der Waals surface area contributed by atoms with Crippen molar-refractivity contribution in [2.45, 2.75) is 18.6 Å². The number of aryl methyl sites for hydroxylation is 1. The van der Waals surface area contributed by atoms with E-state index in [1.165, 1.54) is 12.7 Å². The van der Waals surface area contributed by atoms with Crippen LogP contribution in [-0.2, 0) is 19.9 Å². The molecule has 0 spiro atoms. The maximum atomic E-state index is 12.4. The first-order chi connectivity index (χ1) is 14.6. The molecule has 0 aliphatic rings. The summed E-state index contributed by atoms with van der Waals surface area (Å²) in [5, 5.41) is 11.1. The SMILES string of the molecule is COC(=O)C(O)C(OC/C=C/c1ccc(C)cc1)(c1ccccc1)c1ccccc1. The Morgan fingerprint density at radius 3 is 1.97 bits per heavy atom. The van der Waals surface area contributed by atoms with Crippen LogP contribution in [0, 0.1) is 6.92 Å². The van der Waals surface area contributed by atoms with Crippen molar-refractivity contribution in [3.63, 3.8) is 0 Å². The highest BCUT2D eigenvalue weighted by Gasteiger charge is 2.47. The van der Waals surface area contributed by atoms with E-state index in [1.54, 1.807) is 0 Å². The summed E-state index contributed by atoms with van der Waals surface area (Å²) in [6.07, 6.45) is 2.28. The van der Waals surface area contributed by atoms with E-state index >= 15 is 0 Å². The molecule has 1 atom stereocenters. The smallest absolute Gasteiger partial charge is 0.338 e. The van der Waals surface area contributed by atoms with Gasteiger partial charge in [0.15, 0.2) is 11.7 Å². The van der Waals surface area contributed by atoms with E-state index in [0.29, 0.717) is 11.1 Å². The quantitative estimate of drug-likeness (QED) is 0.564. The van der Waals surface area contributed by atoms with Crippen LogP contribution >= 0.6 is 0 Å². The highest BCUT2D eigenvalue weighted by atomic mass is 16.6. The predicted molar refractivity (Wildman–Crippen MR) is 118 cm³/mol. The highest BCUT2D eigenvalue weighted by Crippen LogP contribution is 2.38. The first-order valence-electron chi connectivity index (χ1n) is 9.82. The van der Waals surface area contributed by atoms with Crippen molar-refractivity contribution < 1.29 is 19.4 Å². The molecule has 1 N–H and O–H groups in total. The van der Waals surface area contributed by atoms with Gasteiger partial charge in [-0.05, 0) is 23.6 Å². The lowest BCUT2D eigenvalue weighted by Crippen LogP contribution is -2.48. The van der Waals surface area contributed by atoms with E-state index in [2.05, 4.69) is 0 Å². The molecule has 1 unspecified atom stereocenters. The standard InChI is InChI=1S/C26H26O4/c1-20-15-17-21(18-16-20)10-9-19-30-26(24(27)25(28)29-2,22-11-5-3-6-12-22)23-13-7-4-8-14-23/h3-18,24,27H,19H2,1-2H3/b10-9+. The van der Waals surface area contributed by atoms with Gasteiger partial charge >= 0.3 is 5.97 Å². The number of ether oxygens (including phenoxy) is 2. The normalized spacial score (nSPS) is 12.6. The van der Waals surface area contributed by atoms with Crippen LogP contribution in [0.15, 0.2) is 91.0 Å². The van der Waals surface area contributed by atoms with Crippen molar-refractivity contribution in [2.75, 3.05) is 13.7 Å². The second-order valence-electron chi connectivity index (χ2n) is 7.02. The van der Waals surface area contributed by atoms with E-state index in [0.717, 1.165) is 5.56 Å². The molecule has 4 heteroatoms. The molecule has 0 saturated carbocycles. The molecule has 4 nitrogen and oxygen atoms in total. The summed E-state index contributed by atoms with van der Waals surface area (Å²) in [5.74, 6) is -0.759. The lowest BCUT2D eigenvalue weighted by atomic mass is 9.81. The second kappa shape index (κ2) is 10.0. The zero-order valence-corrected chi connectivity index (χ0v) is 17.2. The number of rotatable bonds is 8. The average Bonchev–Trinajstić information content (AvgIpc) is 2.80. The van der Waals surface area contributed by atoms with Crippen LogP contribution < -0.4 is 0 Å². The van der Waals surface area contributed by atoms with Gasteiger partial charge in [0, 0.05) is 0 Å². The van der Waals surface area contributed by atoms with Crippen molar-refractivity contribution in [2.24, 2.45) is 0 Å². The van der Waals surface area contributed by atoms with Gasteiger partial charge in [-0.1, -0.05) is 103 Å². The third-order valence-corrected chi connectivity index (χ3v) is 5.01. The van der Waals surface area contributed by atoms with Gasteiger partial charge < -0.3 is 14.6 Å². The zero-order valence-electron chi connectivity index (χ0n) is 17.2. The molecule has 0 aliphatic heterocycles. The largest absolute Gasteiger partial charge is 0.467 e. The van der Waals surface area contributed by atoms with Crippen molar-refractivity contribution >= 4 is 12.0 Å². The molecular weight excluding hydrogens is 376 g/mol. The summed E-state index contributed by atoms with van der Waals surface area (Å²) in [7, 11) is 1.25. The summed E-state index contributed by atoms with van der Waals surface area (Å²) in [5.41, 5.74) is 2.16. The molecule has 3 rings (SSSR count). The number of hydrogen-bond donors (Lipinski definition) is 1. The van der Waals surface area contributed by atoms with E-state index in [-0.39, 0.29) is 6.61 Å². The van der Waals surface area contributed by atoms with Gasteiger partial charge in [0.1, 0.15) is 0 Å². The molecule has 154 valence electrons. The summed E-state index contributed by atoms with van der Waals surface area (Å²) < 4.78 is 11.2. The maximum Gasteiger partial charge on any atom is 0.338 e. The monoisotopic (exact) mass is 402 g/mol. The zero-order chi connectivity index (χ0) is 21.4. The van der Waals surface area contributed by atoms with E-state index < -0.39 is 17.7 Å².